The van der Waals surface area contributed by atoms with Crippen molar-refractivity contribution in [1.82, 2.24) is 0 Å². The molecule has 1 unspecified atom stereocenters. The van der Waals surface area contributed by atoms with E-state index in [1.807, 2.05) is 0 Å². The van der Waals surface area contributed by atoms with Crippen LogP contribution in [0, 0.1) is 11.6 Å². The lowest BCUT2D eigenvalue weighted by Gasteiger charge is -2.15. The van der Waals surface area contributed by atoms with Crippen LogP contribution in [-0.4, -0.2) is 11.1 Å². The molecule has 156 valence electrons. The van der Waals surface area contributed by atoms with Crippen LogP contribution in [0.5, 0.6) is 11.5 Å². The molecule has 3 nitrogen and oxygen atoms in total. The molecular formula is C21H15F4O3PS. The quantitative estimate of drug-likeness (QED) is 0.329. The molecule has 0 spiro atoms. The normalized spacial score (nSPS) is 11.4. The number of carboxylic acid groups (broad SMARTS) is 1. The fourth-order valence-corrected chi connectivity index (χ4v) is 3.59. The molecule has 0 aliphatic heterocycles. The number of halogens is 4. The predicted octanol–water partition coefficient (Wildman–Crippen LogP) is 6.46. The summed E-state index contributed by atoms with van der Waals surface area (Å²) >= 11 is 1.21. The Balaban J connectivity index is 1.84. The van der Waals surface area contributed by atoms with Gasteiger partial charge in [0.05, 0.1) is 6.42 Å². The smallest absolute Gasteiger partial charge is 0.307 e. The highest BCUT2D eigenvalue weighted by molar-refractivity contribution is 7.99. The molecule has 0 heterocycles. The van der Waals surface area contributed by atoms with E-state index in [0.29, 0.717) is 9.79 Å². The zero-order valence-electron chi connectivity index (χ0n) is 15.2. The summed E-state index contributed by atoms with van der Waals surface area (Å²) in [6, 6.07) is 13.2. The Bertz CT molecular complexity index is 1070. The van der Waals surface area contributed by atoms with E-state index < -0.39 is 29.4 Å². The summed E-state index contributed by atoms with van der Waals surface area (Å²) in [5.41, 5.74) is -3.67. The number of benzene rings is 3. The molecule has 3 aromatic carbocycles. The molecule has 9 heteroatoms. The predicted molar refractivity (Wildman–Crippen MR) is 108 cm³/mol. The number of rotatable bonds is 7. The van der Waals surface area contributed by atoms with E-state index in [1.54, 1.807) is 18.2 Å². The summed E-state index contributed by atoms with van der Waals surface area (Å²) in [6.07, 6.45) is -0.485. The molecule has 0 amide bonds. The maximum Gasteiger partial charge on any atom is 0.307 e. The second-order valence-electron chi connectivity index (χ2n) is 6.31. The fraction of sp³-hybridized carbons (Fsp3) is 0.0952. The third kappa shape index (κ3) is 5.97. The van der Waals surface area contributed by atoms with Crippen LogP contribution in [0.25, 0.3) is 0 Å². The first kappa shape index (κ1) is 22.1. The SMILES string of the molecule is O=C(O)Cc1cc(Oc2ccc(Sc3ccc(F)cc3)cc2F)cc(C(F)(F)P)c1. The lowest BCUT2D eigenvalue weighted by Crippen LogP contribution is -2.06. The lowest BCUT2D eigenvalue weighted by molar-refractivity contribution is -0.136. The van der Waals surface area contributed by atoms with Crippen molar-refractivity contribution in [2.75, 3.05) is 0 Å². The Labute approximate surface area is 176 Å². The van der Waals surface area contributed by atoms with Crippen molar-refractivity contribution >= 4 is 27.0 Å². The lowest BCUT2D eigenvalue weighted by atomic mass is 10.1. The summed E-state index contributed by atoms with van der Waals surface area (Å²) in [4.78, 5) is 12.2. The van der Waals surface area contributed by atoms with Crippen molar-refractivity contribution in [2.24, 2.45) is 0 Å². The molecule has 0 aliphatic carbocycles. The second kappa shape index (κ2) is 9.06. The van der Waals surface area contributed by atoms with Gasteiger partial charge in [0.2, 0.25) is 0 Å². The standard InChI is InChI=1S/C21H15F4O3PS/c22-14-1-3-16(4-2-14)30-17-5-6-19(18(23)11-17)28-15-8-12(9-20(26)27)7-13(10-15)21(24,25)29/h1-8,10-11H,9,29H2,(H,26,27). The van der Waals surface area contributed by atoms with Gasteiger partial charge in [-0.05, 0) is 66.2 Å². The van der Waals surface area contributed by atoms with Crippen molar-refractivity contribution in [3.8, 4) is 11.5 Å². The Morgan fingerprint density at radius 2 is 1.67 bits per heavy atom. The topological polar surface area (TPSA) is 46.5 Å². The first-order valence-corrected chi connectivity index (χ1v) is 9.93. The molecule has 0 aromatic heterocycles. The summed E-state index contributed by atoms with van der Waals surface area (Å²) in [5, 5.41) is 8.94. The minimum Gasteiger partial charge on any atom is -0.481 e. The van der Waals surface area contributed by atoms with Crippen LogP contribution in [0.4, 0.5) is 17.6 Å². The van der Waals surface area contributed by atoms with E-state index in [0.717, 1.165) is 12.1 Å². The van der Waals surface area contributed by atoms with Gasteiger partial charge < -0.3 is 9.84 Å². The van der Waals surface area contributed by atoms with Crippen molar-refractivity contribution in [1.29, 1.82) is 0 Å². The van der Waals surface area contributed by atoms with Crippen LogP contribution in [0.15, 0.2) is 70.5 Å². The van der Waals surface area contributed by atoms with E-state index in [9.17, 15) is 22.4 Å². The van der Waals surface area contributed by atoms with Gasteiger partial charge in [0.15, 0.2) is 11.6 Å². The molecule has 0 saturated heterocycles. The van der Waals surface area contributed by atoms with E-state index in [1.165, 1.54) is 51.3 Å². The van der Waals surface area contributed by atoms with Crippen LogP contribution < -0.4 is 4.74 Å². The highest BCUT2D eigenvalue weighted by Gasteiger charge is 2.26. The van der Waals surface area contributed by atoms with E-state index in [4.69, 9.17) is 9.84 Å². The molecule has 3 rings (SSSR count). The number of carboxylic acids is 1. The molecule has 0 radical (unpaired) electrons. The Hall–Kier alpha value is -2.57. The highest BCUT2D eigenvalue weighted by atomic mass is 32.2. The van der Waals surface area contributed by atoms with E-state index >= 15 is 0 Å². The number of alkyl halides is 2. The molecule has 1 atom stereocenters. The van der Waals surface area contributed by atoms with Gasteiger partial charge >= 0.3 is 5.97 Å². The van der Waals surface area contributed by atoms with Gasteiger partial charge in [-0.2, -0.15) is 8.78 Å². The van der Waals surface area contributed by atoms with Gasteiger partial charge in [0, 0.05) is 15.4 Å². The first-order valence-electron chi connectivity index (χ1n) is 8.54. The number of aliphatic carboxylic acids is 1. The average molecular weight is 454 g/mol. The van der Waals surface area contributed by atoms with Crippen molar-refractivity contribution < 1.29 is 32.2 Å². The Kier molecular flexibility index (Phi) is 6.68. The molecule has 0 aliphatic rings. The molecule has 0 bridgehead atoms. The van der Waals surface area contributed by atoms with Gasteiger partial charge in [-0.15, -0.1) is 0 Å². The third-order valence-corrected chi connectivity index (χ3v) is 5.22. The minimum absolute atomic E-state index is 0.0982. The van der Waals surface area contributed by atoms with Crippen LogP contribution in [0.1, 0.15) is 11.1 Å². The maximum atomic E-state index is 14.5. The summed E-state index contributed by atoms with van der Waals surface area (Å²) < 4.78 is 60.3. The molecular weight excluding hydrogens is 439 g/mol. The fourth-order valence-electron chi connectivity index (χ4n) is 2.58. The molecule has 0 saturated carbocycles. The Morgan fingerprint density at radius 3 is 2.27 bits per heavy atom. The number of ether oxygens (including phenoxy) is 1. The molecule has 1 N–H and O–H groups in total. The average Bonchev–Trinajstić information content (AvgIpc) is 2.64. The largest absolute Gasteiger partial charge is 0.481 e. The van der Waals surface area contributed by atoms with Crippen molar-refractivity contribution in [3.63, 3.8) is 0 Å². The van der Waals surface area contributed by atoms with Crippen molar-refractivity contribution in [2.45, 2.75) is 21.9 Å². The number of hydrogen-bond donors (Lipinski definition) is 1. The second-order valence-corrected chi connectivity index (χ2v) is 8.18. The zero-order chi connectivity index (χ0) is 21.9. The zero-order valence-corrected chi connectivity index (χ0v) is 17.2. The van der Waals surface area contributed by atoms with Gasteiger partial charge in [0.25, 0.3) is 5.66 Å². The van der Waals surface area contributed by atoms with E-state index in [2.05, 4.69) is 0 Å². The summed E-state index contributed by atoms with van der Waals surface area (Å²) in [7, 11) is 1.37. The highest BCUT2D eigenvalue weighted by Crippen LogP contribution is 2.39. The number of hydrogen-bond acceptors (Lipinski definition) is 3. The van der Waals surface area contributed by atoms with E-state index in [-0.39, 0.29) is 22.9 Å². The summed E-state index contributed by atoms with van der Waals surface area (Å²) in [5.74, 6) is -2.62. The van der Waals surface area contributed by atoms with Gasteiger partial charge in [0.1, 0.15) is 11.6 Å². The van der Waals surface area contributed by atoms with Crippen LogP contribution in [-0.2, 0) is 16.9 Å². The molecule has 0 fully saturated rings. The monoisotopic (exact) mass is 454 g/mol. The van der Waals surface area contributed by atoms with Gasteiger partial charge in [-0.25, -0.2) is 8.78 Å². The minimum atomic E-state index is -3.30. The van der Waals surface area contributed by atoms with Crippen LogP contribution in [0.3, 0.4) is 0 Å². The third-order valence-electron chi connectivity index (χ3n) is 3.89. The number of carbonyl (C=O) groups is 1. The first-order chi connectivity index (χ1) is 14.1. The molecule has 3 aromatic rings. The van der Waals surface area contributed by atoms with Gasteiger partial charge in [-0.3, -0.25) is 4.79 Å². The Morgan fingerprint density at radius 1 is 1.00 bits per heavy atom. The van der Waals surface area contributed by atoms with Crippen molar-refractivity contribution in [3.05, 3.63) is 83.4 Å². The maximum absolute atomic E-state index is 14.5. The van der Waals surface area contributed by atoms with Crippen LogP contribution >= 0.6 is 21.0 Å². The molecule has 30 heavy (non-hydrogen) atoms. The van der Waals surface area contributed by atoms with Gasteiger partial charge in [-0.1, -0.05) is 21.0 Å². The summed E-state index contributed by atoms with van der Waals surface area (Å²) in [6.45, 7) is 0. The van der Waals surface area contributed by atoms with Crippen LogP contribution in [0.2, 0.25) is 0 Å².